The zero-order chi connectivity index (χ0) is 19.6. The molecule has 0 bridgehead atoms. The smallest absolute Gasteiger partial charge is 0.303 e. The first-order valence-corrected chi connectivity index (χ1v) is 8.23. The van der Waals surface area contributed by atoms with E-state index in [0.717, 1.165) is 5.56 Å². The van der Waals surface area contributed by atoms with Gasteiger partial charge in [-0.3, -0.25) is 14.4 Å². The van der Waals surface area contributed by atoms with Crippen LogP contribution in [0.2, 0.25) is 0 Å². The summed E-state index contributed by atoms with van der Waals surface area (Å²) in [6.45, 7) is 1.92. The number of hydrogen-bond donors (Lipinski definition) is 3. The van der Waals surface area contributed by atoms with Gasteiger partial charge < -0.3 is 19.9 Å². The fraction of sp³-hybridized carbons (Fsp3) is 0.150. The summed E-state index contributed by atoms with van der Waals surface area (Å²) >= 11 is 0. The van der Waals surface area contributed by atoms with E-state index < -0.39 is 23.1 Å². The molecule has 0 unspecified atom stereocenters. The van der Waals surface area contributed by atoms with Crippen LogP contribution in [-0.2, 0) is 9.59 Å². The maximum atomic E-state index is 12.5. The van der Waals surface area contributed by atoms with E-state index in [2.05, 4.69) is 5.32 Å². The Balaban J connectivity index is 1.96. The van der Waals surface area contributed by atoms with Gasteiger partial charge in [-0.05, 0) is 25.1 Å². The number of aliphatic carboxylic acids is 1. The third-order valence-electron chi connectivity index (χ3n) is 4.03. The lowest BCUT2D eigenvalue weighted by molar-refractivity contribution is -0.138. The number of carboxylic acids is 1. The molecule has 1 amide bonds. The second-order valence-electron chi connectivity index (χ2n) is 6.13. The van der Waals surface area contributed by atoms with E-state index in [1.807, 2.05) is 19.1 Å². The van der Waals surface area contributed by atoms with Crippen molar-refractivity contribution >= 4 is 28.5 Å². The summed E-state index contributed by atoms with van der Waals surface area (Å²) in [6.07, 6.45) is -0.470. The molecule has 0 spiro atoms. The number of fused-ring (bicyclic) bond motifs is 1. The number of aromatic hydroxyl groups is 1. The molecule has 3 rings (SSSR count). The van der Waals surface area contributed by atoms with Gasteiger partial charge in [-0.15, -0.1) is 0 Å². The van der Waals surface area contributed by atoms with E-state index in [0.29, 0.717) is 11.3 Å². The van der Waals surface area contributed by atoms with Crippen LogP contribution in [0.4, 0.5) is 5.69 Å². The molecule has 1 aromatic heterocycles. The highest BCUT2D eigenvalue weighted by atomic mass is 16.4. The first kappa shape index (κ1) is 18.2. The molecule has 0 radical (unpaired) electrons. The van der Waals surface area contributed by atoms with Crippen molar-refractivity contribution in [2.75, 3.05) is 5.32 Å². The van der Waals surface area contributed by atoms with Gasteiger partial charge in [-0.1, -0.05) is 29.8 Å². The predicted molar refractivity (Wildman–Crippen MR) is 99.8 cm³/mol. The van der Waals surface area contributed by atoms with Crippen molar-refractivity contribution in [3.05, 3.63) is 58.3 Å². The number of carbonyl (C=O) groups excluding carboxylic acids is 1. The van der Waals surface area contributed by atoms with Gasteiger partial charge in [-0.25, -0.2) is 0 Å². The molecule has 0 saturated carbocycles. The number of amides is 1. The van der Waals surface area contributed by atoms with Crippen molar-refractivity contribution in [1.82, 2.24) is 0 Å². The molecule has 2 aromatic carbocycles. The Morgan fingerprint density at radius 1 is 1.07 bits per heavy atom. The van der Waals surface area contributed by atoms with Gasteiger partial charge in [0.05, 0.1) is 11.8 Å². The molecule has 0 fully saturated rings. The van der Waals surface area contributed by atoms with Crippen LogP contribution >= 0.6 is 0 Å². The summed E-state index contributed by atoms with van der Waals surface area (Å²) in [7, 11) is 0. The van der Waals surface area contributed by atoms with Crippen molar-refractivity contribution in [1.29, 1.82) is 0 Å². The van der Waals surface area contributed by atoms with Crippen LogP contribution in [0.1, 0.15) is 18.4 Å². The van der Waals surface area contributed by atoms with Gasteiger partial charge in [0.2, 0.25) is 17.1 Å². The lowest BCUT2D eigenvalue weighted by Crippen LogP contribution is -2.13. The SMILES string of the molecule is Cc1ccc(-c2oc3ccc(NC(=O)CCC(=O)O)cc3c(=O)c2O)cc1. The minimum absolute atomic E-state index is 0.0748. The minimum Gasteiger partial charge on any atom is -0.502 e. The Kier molecular flexibility index (Phi) is 4.94. The number of hydrogen-bond acceptors (Lipinski definition) is 5. The zero-order valence-electron chi connectivity index (χ0n) is 14.5. The predicted octanol–water partition coefficient (Wildman–Crippen LogP) is 3.28. The topological polar surface area (TPSA) is 117 Å². The fourth-order valence-corrected chi connectivity index (χ4v) is 2.61. The molecule has 138 valence electrons. The summed E-state index contributed by atoms with van der Waals surface area (Å²) < 4.78 is 5.70. The third kappa shape index (κ3) is 3.98. The minimum atomic E-state index is -1.07. The molecule has 27 heavy (non-hydrogen) atoms. The molecule has 0 aliphatic heterocycles. The van der Waals surface area contributed by atoms with Crippen LogP contribution in [0.3, 0.4) is 0 Å². The molecule has 7 nitrogen and oxygen atoms in total. The Bertz CT molecular complexity index is 1080. The normalized spacial score (nSPS) is 10.7. The lowest BCUT2D eigenvalue weighted by Gasteiger charge is -2.08. The Morgan fingerprint density at radius 2 is 1.78 bits per heavy atom. The van der Waals surface area contributed by atoms with Gasteiger partial charge in [0.15, 0.2) is 5.76 Å². The highest BCUT2D eigenvalue weighted by Crippen LogP contribution is 2.31. The first-order valence-electron chi connectivity index (χ1n) is 8.23. The Hall–Kier alpha value is -3.61. The Morgan fingerprint density at radius 3 is 2.44 bits per heavy atom. The van der Waals surface area contributed by atoms with E-state index in [1.165, 1.54) is 12.1 Å². The molecular formula is C20H17NO6. The van der Waals surface area contributed by atoms with E-state index >= 15 is 0 Å². The number of carboxylic acid groups (broad SMARTS) is 1. The van der Waals surface area contributed by atoms with Crippen molar-refractivity contribution in [3.63, 3.8) is 0 Å². The van der Waals surface area contributed by atoms with Gasteiger partial charge >= 0.3 is 5.97 Å². The molecular weight excluding hydrogens is 350 g/mol. The molecule has 0 saturated heterocycles. The highest BCUT2D eigenvalue weighted by Gasteiger charge is 2.16. The van der Waals surface area contributed by atoms with E-state index in [4.69, 9.17) is 9.52 Å². The second kappa shape index (κ2) is 7.33. The van der Waals surface area contributed by atoms with Crippen molar-refractivity contribution in [2.45, 2.75) is 19.8 Å². The van der Waals surface area contributed by atoms with Crippen molar-refractivity contribution < 1.29 is 24.2 Å². The van der Waals surface area contributed by atoms with Crippen LogP contribution < -0.4 is 10.7 Å². The molecule has 3 N–H and O–H groups in total. The van der Waals surface area contributed by atoms with Crippen LogP contribution in [0.5, 0.6) is 5.75 Å². The standard InChI is InChI=1S/C20H17NO6/c1-11-2-4-12(5-3-11)20-19(26)18(25)14-10-13(6-7-15(14)27-20)21-16(22)8-9-17(23)24/h2-7,10,26H,8-9H2,1H3,(H,21,22)(H,23,24). The number of carbonyl (C=O) groups is 2. The zero-order valence-corrected chi connectivity index (χ0v) is 14.5. The van der Waals surface area contributed by atoms with Crippen LogP contribution in [0.15, 0.2) is 51.7 Å². The van der Waals surface area contributed by atoms with Gasteiger partial charge in [0, 0.05) is 17.7 Å². The van der Waals surface area contributed by atoms with Crippen molar-refractivity contribution in [3.8, 4) is 17.1 Å². The summed E-state index contributed by atoms with van der Waals surface area (Å²) in [5, 5.41) is 21.5. The summed E-state index contributed by atoms with van der Waals surface area (Å²) in [6, 6.07) is 11.6. The summed E-state index contributed by atoms with van der Waals surface area (Å²) in [5.74, 6) is -1.99. The maximum absolute atomic E-state index is 12.5. The molecule has 0 atom stereocenters. The molecule has 7 heteroatoms. The van der Waals surface area contributed by atoms with Gasteiger partial charge in [-0.2, -0.15) is 0 Å². The summed E-state index contributed by atoms with van der Waals surface area (Å²) in [4.78, 5) is 34.8. The fourth-order valence-electron chi connectivity index (χ4n) is 2.61. The molecule has 0 aliphatic rings. The number of rotatable bonds is 5. The molecule has 3 aromatic rings. The van der Waals surface area contributed by atoms with E-state index in [-0.39, 0.29) is 29.6 Å². The second-order valence-corrected chi connectivity index (χ2v) is 6.13. The van der Waals surface area contributed by atoms with Gasteiger partial charge in [0.1, 0.15) is 5.58 Å². The first-order chi connectivity index (χ1) is 12.8. The lowest BCUT2D eigenvalue weighted by atomic mass is 10.1. The number of anilines is 1. The number of benzene rings is 2. The largest absolute Gasteiger partial charge is 0.502 e. The van der Waals surface area contributed by atoms with E-state index in [9.17, 15) is 19.5 Å². The van der Waals surface area contributed by atoms with Crippen LogP contribution in [0, 0.1) is 6.92 Å². The van der Waals surface area contributed by atoms with Crippen LogP contribution in [-0.4, -0.2) is 22.1 Å². The quantitative estimate of drug-likeness (QED) is 0.637. The molecule has 1 heterocycles. The molecule has 0 aliphatic carbocycles. The van der Waals surface area contributed by atoms with Gasteiger partial charge in [0.25, 0.3) is 0 Å². The monoisotopic (exact) mass is 367 g/mol. The average molecular weight is 367 g/mol. The van der Waals surface area contributed by atoms with E-state index in [1.54, 1.807) is 18.2 Å². The van der Waals surface area contributed by atoms with Crippen LogP contribution in [0.25, 0.3) is 22.3 Å². The Labute approximate surface area is 153 Å². The third-order valence-corrected chi connectivity index (χ3v) is 4.03. The highest BCUT2D eigenvalue weighted by molar-refractivity contribution is 5.95. The number of nitrogens with one attached hydrogen (secondary N) is 1. The van der Waals surface area contributed by atoms with Crippen molar-refractivity contribution in [2.24, 2.45) is 0 Å². The summed E-state index contributed by atoms with van der Waals surface area (Å²) in [5.41, 5.74) is 1.56. The maximum Gasteiger partial charge on any atom is 0.303 e. The average Bonchev–Trinajstić information content (AvgIpc) is 2.64. The number of aryl methyl sites for hydroxylation is 1.